The first kappa shape index (κ1) is 15.9. The minimum Gasteiger partial charge on any atom is -0.370 e. The number of nitrogens with one attached hydrogen (secondary N) is 2. The van der Waals surface area contributed by atoms with Gasteiger partial charge in [-0.25, -0.2) is 9.78 Å². The second kappa shape index (κ2) is 7.08. The normalized spacial score (nSPS) is 17.4. The van der Waals surface area contributed by atoms with Crippen LogP contribution in [0.5, 0.6) is 0 Å². The van der Waals surface area contributed by atoms with E-state index in [0.29, 0.717) is 18.4 Å². The van der Waals surface area contributed by atoms with Crippen LogP contribution >= 0.6 is 0 Å². The fourth-order valence-corrected chi connectivity index (χ4v) is 3.17. The van der Waals surface area contributed by atoms with Crippen LogP contribution in [-0.4, -0.2) is 38.9 Å². The molecule has 0 spiro atoms. The molecule has 8 heteroatoms. The molecule has 8 nitrogen and oxygen atoms in total. The molecular formula is C17H23N7O. The number of carbonyl (C=O) groups is 1. The topological polar surface area (TPSA) is 88.0 Å². The van der Waals surface area contributed by atoms with Gasteiger partial charge in [0.05, 0.1) is 18.4 Å². The summed E-state index contributed by atoms with van der Waals surface area (Å²) >= 11 is 0. The van der Waals surface area contributed by atoms with Crippen molar-refractivity contribution in [3.63, 3.8) is 0 Å². The number of pyridine rings is 1. The highest BCUT2D eigenvalue weighted by molar-refractivity contribution is 5.88. The van der Waals surface area contributed by atoms with Crippen molar-refractivity contribution in [1.82, 2.24) is 25.1 Å². The van der Waals surface area contributed by atoms with Crippen molar-refractivity contribution in [2.75, 3.05) is 23.3 Å². The maximum atomic E-state index is 12.1. The summed E-state index contributed by atoms with van der Waals surface area (Å²) in [5.41, 5.74) is 1.11. The average molecular weight is 341 g/mol. The number of hydrogen-bond donors (Lipinski definition) is 2. The van der Waals surface area contributed by atoms with E-state index in [1.54, 1.807) is 6.33 Å². The van der Waals surface area contributed by atoms with Gasteiger partial charge in [0.15, 0.2) is 5.82 Å². The first-order chi connectivity index (χ1) is 12.3. The van der Waals surface area contributed by atoms with Crippen molar-refractivity contribution in [3.8, 4) is 0 Å². The Morgan fingerprint density at radius 1 is 1.20 bits per heavy atom. The predicted octanol–water partition coefficient (Wildman–Crippen LogP) is 2.32. The quantitative estimate of drug-likeness (QED) is 0.871. The van der Waals surface area contributed by atoms with Crippen molar-refractivity contribution in [1.29, 1.82) is 0 Å². The zero-order valence-electron chi connectivity index (χ0n) is 14.2. The van der Waals surface area contributed by atoms with Crippen molar-refractivity contribution < 1.29 is 4.79 Å². The summed E-state index contributed by atoms with van der Waals surface area (Å²) in [6, 6.07) is 4.07. The van der Waals surface area contributed by atoms with Gasteiger partial charge >= 0.3 is 6.03 Å². The van der Waals surface area contributed by atoms with Gasteiger partial charge in [-0.3, -0.25) is 5.32 Å². The van der Waals surface area contributed by atoms with Crippen LogP contribution in [0.3, 0.4) is 0 Å². The minimum absolute atomic E-state index is 0.288. The molecule has 2 aromatic heterocycles. The molecule has 0 atom stereocenters. The molecule has 0 radical (unpaired) electrons. The van der Waals surface area contributed by atoms with E-state index in [-0.39, 0.29) is 6.03 Å². The van der Waals surface area contributed by atoms with E-state index in [2.05, 4.69) is 30.7 Å². The highest BCUT2D eigenvalue weighted by Crippen LogP contribution is 2.35. The van der Waals surface area contributed by atoms with Crippen LogP contribution in [-0.2, 0) is 6.54 Å². The second-order valence-corrected chi connectivity index (χ2v) is 6.64. The summed E-state index contributed by atoms with van der Waals surface area (Å²) in [4.78, 5) is 18.7. The lowest BCUT2D eigenvalue weighted by Gasteiger charge is -2.28. The summed E-state index contributed by atoms with van der Waals surface area (Å²) in [5.74, 6) is 1.33. The standard InChI is InChI=1S/C17H23N7O/c25-17(19-11-16-22-20-12-24(16)13-4-5-13)21-15-7-6-14(10-18-15)23-8-2-1-3-9-23/h6-7,10,12-13H,1-5,8-9,11H2,(H2,18,19,21,25). The van der Waals surface area contributed by atoms with Crippen LogP contribution in [0.1, 0.15) is 44.0 Å². The molecule has 0 bridgehead atoms. The Morgan fingerprint density at radius 2 is 2.04 bits per heavy atom. The molecule has 2 aromatic rings. The number of aromatic nitrogens is 4. The summed E-state index contributed by atoms with van der Waals surface area (Å²) < 4.78 is 2.03. The lowest BCUT2D eigenvalue weighted by molar-refractivity contribution is 0.251. The molecule has 4 rings (SSSR count). The SMILES string of the molecule is O=C(NCc1nncn1C1CC1)Nc1ccc(N2CCCCC2)cn1. The van der Waals surface area contributed by atoms with Crippen LogP contribution in [0.25, 0.3) is 0 Å². The molecule has 0 unspecified atom stereocenters. The zero-order chi connectivity index (χ0) is 17.1. The van der Waals surface area contributed by atoms with E-state index < -0.39 is 0 Å². The monoisotopic (exact) mass is 341 g/mol. The fraction of sp³-hybridized carbons (Fsp3) is 0.529. The maximum Gasteiger partial charge on any atom is 0.320 e. The van der Waals surface area contributed by atoms with Gasteiger partial charge in [0, 0.05) is 19.1 Å². The highest BCUT2D eigenvalue weighted by atomic mass is 16.2. The Hall–Kier alpha value is -2.64. The van der Waals surface area contributed by atoms with Crippen molar-refractivity contribution in [3.05, 3.63) is 30.5 Å². The first-order valence-electron chi connectivity index (χ1n) is 8.94. The van der Waals surface area contributed by atoms with Crippen molar-refractivity contribution in [2.45, 2.75) is 44.7 Å². The lowest BCUT2D eigenvalue weighted by atomic mass is 10.1. The predicted molar refractivity (Wildman–Crippen MR) is 94.5 cm³/mol. The van der Waals surface area contributed by atoms with Gasteiger partial charge in [-0.2, -0.15) is 0 Å². The Balaban J connectivity index is 1.29. The minimum atomic E-state index is -0.288. The number of rotatable bonds is 5. The molecule has 1 saturated heterocycles. The van der Waals surface area contributed by atoms with Gasteiger partial charge in [-0.05, 0) is 44.2 Å². The number of nitrogens with zero attached hydrogens (tertiary/aromatic N) is 5. The second-order valence-electron chi connectivity index (χ2n) is 6.64. The molecule has 1 aliphatic heterocycles. The van der Waals surface area contributed by atoms with Crippen LogP contribution in [0.4, 0.5) is 16.3 Å². The number of carbonyl (C=O) groups excluding carboxylic acids is 1. The third-order valence-corrected chi connectivity index (χ3v) is 4.71. The fourth-order valence-electron chi connectivity index (χ4n) is 3.17. The molecule has 3 heterocycles. The van der Waals surface area contributed by atoms with E-state index in [1.165, 1.54) is 19.3 Å². The molecule has 1 aliphatic carbocycles. The first-order valence-corrected chi connectivity index (χ1v) is 8.94. The van der Waals surface area contributed by atoms with Gasteiger partial charge in [0.2, 0.25) is 0 Å². The van der Waals surface area contributed by atoms with Crippen LogP contribution in [0, 0.1) is 0 Å². The van der Waals surface area contributed by atoms with Crippen LogP contribution in [0.15, 0.2) is 24.7 Å². The van der Waals surface area contributed by atoms with E-state index in [0.717, 1.165) is 37.4 Å². The van der Waals surface area contributed by atoms with Gasteiger partial charge in [-0.1, -0.05) is 0 Å². The van der Waals surface area contributed by atoms with Gasteiger partial charge in [-0.15, -0.1) is 10.2 Å². The lowest BCUT2D eigenvalue weighted by Crippen LogP contribution is -2.30. The third-order valence-electron chi connectivity index (χ3n) is 4.71. The summed E-state index contributed by atoms with van der Waals surface area (Å²) in [6.45, 7) is 2.52. The third kappa shape index (κ3) is 3.89. The largest absolute Gasteiger partial charge is 0.370 e. The highest BCUT2D eigenvalue weighted by Gasteiger charge is 2.26. The van der Waals surface area contributed by atoms with Crippen LogP contribution in [0.2, 0.25) is 0 Å². The van der Waals surface area contributed by atoms with Gasteiger partial charge in [0.1, 0.15) is 12.1 Å². The van der Waals surface area contributed by atoms with E-state index in [4.69, 9.17) is 0 Å². The van der Waals surface area contributed by atoms with Crippen molar-refractivity contribution in [2.24, 2.45) is 0 Å². The number of amides is 2. The molecule has 1 saturated carbocycles. The smallest absolute Gasteiger partial charge is 0.320 e. The van der Waals surface area contributed by atoms with Crippen molar-refractivity contribution >= 4 is 17.5 Å². The number of piperidine rings is 1. The van der Waals surface area contributed by atoms with E-state index in [9.17, 15) is 4.79 Å². The number of anilines is 2. The Bertz CT molecular complexity index is 717. The zero-order valence-corrected chi connectivity index (χ0v) is 14.2. The molecule has 0 aromatic carbocycles. The molecule has 2 N–H and O–H groups in total. The summed E-state index contributed by atoms with van der Waals surface area (Å²) in [7, 11) is 0. The molecule has 25 heavy (non-hydrogen) atoms. The van der Waals surface area contributed by atoms with Gasteiger partial charge < -0.3 is 14.8 Å². The van der Waals surface area contributed by atoms with E-state index >= 15 is 0 Å². The molecule has 2 fully saturated rings. The van der Waals surface area contributed by atoms with Gasteiger partial charge in [0.25, 0.3) is 0 Å². The summed E-state index contributed by atoms with van der Waals surface area (Å²) in [6.07, 6.45) is 9.63. The maximum absolute atomic E-state index is 12.1. The Morgan fingerprint density at radius 3 is 2.76 bits per heavy atom. The molecule has 132 valence electrons. The summed E-state index contributed by atoms with van der Waals surface area (Å²) in [5, 5.41) is 13.6. The molecule has 2 aliphatic rings. The van der Waals surface area contributed by atoms with Crippen LogP contribution < -0.4 is 15.5 Å². The Labute approximate surface area is 146 Å². The number of urea groups is 1. The Kier molecular flexibility index (Phi) is 4.49. The molecular weight excluding hydrogens is 318 g/mol. The number of hydrogen-bond acceptors (Lipinski definition) is 5. The average Bonchev–Trinajstić information content (AvgIpc) is 3.39. The molecule has 2 amide bonds. The van der Waals surface area contributed by atoms with E-state index in [1.807, 2.05) is 22.9 Å².